The molecule has 0 bridgehead atoms. The van der Waals surface area contributed by atoms with Gasteiger partial charge in [-0.2, -0.15) is 0 Å². The van der Waals surface area contributed by atoms with Crippen LogP contribution in [-0.4, -0.2) is 35.0 Å². The summed E-state index contributed by atoms with van der Waals surface area (Å²) < 4.78 is 1.97. The molecule has 0 radical (unpaired) electrons. The summed E-state index contributed by atoms with van der Waals surface area (Å²) in [6.45, 7) is 11.0. The summed E-state index contributed by atoms with van der Waals surface area (Å²) in [7, 11) is 0. The largest absolute Gasteiger partial charge is 0.344 e. The molecule has 1 aromatic heterocycles. The van der Waals surface area contributed by atoms with Crippen LogP contribution in [0.15, 0.2) is 18.3 Å². The highest BCUT2D eigenvalue weighted by molar-refractivity contribution is 5.92. The molecule has 0 aliphatic rings. The summed E-state index contributed by atoms with van der Waals surface area (Å²) in [5, 5.41) is 0. The van der Waals surface area contributed by atoms with Gasteiger partial charge in [-0.1, -0.05) is 13.8 Å². The summed E-state index contributed by atoms with van der Waals surface area (Å²) in [4.78, 5) is 14.3. The van der Waals surface area contributed by atoms with E-state index in [1.54, 1.807) is 0 Å². The Kier molecular flexibility index (Phi) is 4.96. The molecule has 1 aromatic rings. The molecule has 0 saturated carbocycles. The fourth-order valence-corrected chi connectivity index (χ4v) is 1.95. The molecule has 0 aliphatic heterocycles. The van der Waals surface area contributed by atoms with Crippen molar-refractivity contribution in [1.82, 2.24) is 9.47 Å². The van der Waals surface area contributed by atoms with Crippen molar-refractivity contribution in [3.05, 3.63) is 24.0 Å². The molecule has 18 heavy (non-hydrogen) atoms. The van der Waals surface area contributed by atoms with Gasteiger partial charge in [-0.25, -0.2) is 0 Å². The van der Waals surface area contributed by atoms with Crippen LogP contribution in [0.5, 0.6) is 0 Å². The molecule has 0 atom stereocenters. The second kappa shape index (κ2) is 6.05. The van der Waals surface area contributed by atoms with E-state index in [9.17, 15) is 4.79 Å². The van der Waals surface area contributed by atoms with E-state index in [0.29, 0.717) is 19.6 Å². The van der Waals surface area contributed by atoms with Crippen LogP contribution in [-0.2, 0) is 6.54 Å². The van der Waals surface area contributed by atoms with Gasteiger partial charge in [0.2, 0.25) is 0 Å². The molecule has 0 spiro atoms. The van der Waals surface area contributed by atoms with Gasteiger partial charge in [0, 0.05) is 25.8 Å². The van der Waals surface area contributed by atoms with Gasteiger partial charge < -0.3 is 15.2 Å². The van der Waals surface area contributed by atoms with E-state index in [1.165, 1.54) is 0 Å². The third-order valence-electron chi connectivity index (χ3n) is 3.23. The Morgan fingerprint density at radius 3 is 2.61 bits per heavy atom. The van der Waals surface area contributed by atoms with Crippen LogP contribution in [0.3, 0.4) is 0 Å². The van der Waals surface area contributed by atoms with Crippen LogP contribution < -0.4 is 5.73 Å². The number of nitrogens with zero attached hydrogens (tertiary/aromatic N) is 2. The lowest BCUT2D eigenvalue weighted by atomic mass is 9.93. The third-order valence-corrected chi connectivity index (χ3v) is 3.23. The average molecular weight is 251 g/mol. The van der Waals surface area contributed by atoms with Crippen LogP contribution in [0.2, 0.25) is 0 Å². The molecule has 1 amide bonds. The summed E-state index contributed by atoms with van der Waals surface area (Å²) in [6, 6.07) is 3.79. The molecule has 1 rings (SSSR count). The van der Waals surface area contributed by atoms with E-state index >= 15 is 0 Å². The predicted octanol–water partition coefficient (Wildman–Crippen LogP) is 1.95. The number of amides is 1. The zero-order valence-electron chi connectivity index (χ0n) is 11.9. The number of carbonyl (C=O) groups excluding carboxylic acids is 1. The van der Waals surface area contributed by atoms with Crippen molar-refractivity contribution in [2.75, 3.05) is 19.6 Å². The lowest BCUT2D eigenvalue weighted by molar-refractivity contribution is 0.0690. The van der Waals surface area contributed by atoms with Gasteiger partial charge >= 0.3 is 0 Å². The lowest BCUT2D eigenvalue weighted by Crippen LogP contribution is -2.42. The number of aryl methyl sites for hydroxylation is 1. The first-order valence-electron chi connectivity index (χ1n) is 6.59. The van der Waals surface area contributed by atoms with Crippen molar-refractivity contribution in [3.63, 3.8) is 0 Å². The molecular formula is C14H25N3O. The van der Waals surface area contributed by atoms with Crippen molar-refractivity contribution in [2.45, 2.75) is 34.2 Å². The Labute approximate surface area is 110 Å². The Bertz CT molecular complexity index is 395. The second-order valence-corrected chi connectivity index (χ2v) is 5.37. The Hall–Kier alpha value is -1.29. The van der Waals surface area contributed by atoms with Gasteiger partial charge in [0.1, 0.15) is 5.69 Å². The normalized spacial score (nSPS) is 11.6. The fourth-order valence-electron chi connectivity index (χ4n) is 1.95. The van der Waals surface area contributed by atoms with E-state index in [1.807, 2.05) is 41.6 Å². The first kappa shape index (κ1) is 14.8. The highest BCUT2D eigenvalue weighted by Gasteiger charge is 2.24. The van der Waals surface area contributed by atoms with E-state index in [0.717, 1.165) is 12.2 Å². The van der Waals surface area contributed by atoms with Gasteiger partial charge in [0.05, 0.1) is 0 Å². The Morgan fingerprint density at radius 2 is 2.11 bits per heavy atom. The van der Waals surface area contributed by atoms with E-state index < -0.39 is 0 Å². The van der Waals surface area contributed by atoms with Crippen molar-refractivity contribution in [2.24, 2.45) is 11.1 Å². The minimum atomic E-state index is -0.0463. The van der Waals surface area contributed by atoms with Crippen molar-refractivity contribution < 1.29 is 4.79 Å². The quantitative estimate of drug-likeness (QED) is 0.840. The van der Waals surface area contributed by atoms with Crippen LogP contribution in [0.4, 0.5) is 0 Å². The maximum atomic E-state index is 12.5. The molecule has 0 aliphatic carbocycles. The van der Waals surface area contributed by atoms with E-state index in [2.05, 4.69) is 13.8 Å². The lowest BCUT2D eigenvalue weighted by Gasteiger charge is -2.31. The highest BCUT2D eigenvalue weighted by Crippen LogP contribution is 2.17. The molecular weight excluding hydrogens is 226 g/mol. The standard InChI is InChI=1S/C14H25N3O/c1-5-16-9-7-8-12(16)13(18)17(6-2)11-14(3,4)10-15/h7-9H,5-6,10-11,15H2,1-4H3. The van der Waals surface area contributed by atoms with Gasteiger partial charge in [0.25, 0.3) is 5.91 Å². The summed E-state index contributed by atoms with van der Waals surface area (Å²) in [6.07, 6.45) is 1.94. The van der Waals surface area contributed by atoms with Crippen LogP contribution in [0.25, 0.3) is 0 Å². The van der Waals surface area contributed by atoms with Gasteiger partial charge in [-0.05, 0) is 37.9 Å². The molecule has 4 nitrogen and oxygen atoms in total. The van der Waals surface area contributed by atoms with E-state index in [-0.39, 0.29) is 11.3 Å². The van der Waals surface area contributed by atoms with Crippen molar-refractivity contribution >= 4 is 5.91 Å². The van der Waals surface area contributed by atoms with Gasteiger partial charge in [0.15, 0.2) is 0 Å². The maximum absolute atomic E-state index is 12.5. The average Bonchev–Trinajstić information content (AvgIpc) is 2.83. The molecule has 102 valence electrons. The van der Waals surface area contributed by atoms with Crippen molar-refractivity contribution in [1.29, 1.82) is 0 Å². The number of rotatable bonds is 6. The Morgan fingerprint density at radius 1 is 1.44 bits per heavy atom. The zero-order valence-corrected chi connectivity index (χ0v) is 11.9. The van der Waals surface area contributed by atoms with Crippen LogP contribution in [0, 0.1) is 5.41 Å². The molecule has 4 heteroatoms. The smallest absolute Gasteiger partial charge is 0.270 e. The highest BCUT2D eigenvalue weighted by atomic mass is 16.2. The minimum Gasteiger partial charge on any atom is -0.344 e. The fraction of sp³-hybridized carbons (Fsp3) is 0.643. The summed E-state index contributed by atoms with van der Waals surface area (Å²) in [5.74, 6) is 0.0888. The van der Waals surface area contributed by atoms with E-state index in [4.69, 9.17) is 5.73 Å². The zero-order chi connectivity index (χ0) is 13.8. The number of hydrogen-bond donors (Lipinski definition) is 1. The maximum Gasteiger partial charge on any atom is 0.270 e. The first-order chi connectivity index (χ1) is 8.45. The minimum absolute atomic E-state index is 0.0463. The third kappa shape index (κ3) is 3.35. The number of carbonyl (C=O) groups is 1. The summed E-state index contributed by atoms with van der Waals surface area (Å²) >= 11 is 0. The number of nitrogens with two attached hydrogens (primary N) is 1. The predicted molar refractivity (Wildman–Crippen MR) is 74.5 cm³/mol. The Balaban J connectivity index is 2.86. The van der Waals surface area contributed by atoms with Crippen LogP contribution in [0.1, 0.15) is 38.2 Å². The van der Waals surface area contributed by atoms with Gasteiger partial charge in [-0.15, -0.1) is 0 Å². The van der Waals surface area contributed by atoms with Crippen LogP contribution >= 0.6 is 0 Å². The monoisotopic (exact) mass is 251 g/mol. The number of aromatic nitrogens is 1. The summed E-state index contributed by atoms with van der Waals surface area (Å²) in [5.41, 5.74) is 6.45. The second-order valence-electron chi connectivity index (χ2n) is 5.37. The molecule has 1 heterocycles. The molecule has 0 unspecified atom stereocenters. The number of hydrogen-bond acceptors (Lipinski definition) is 2. The topological polar surface area (TPSA) is 51.3 Å². The molecule has 0 fully saturated rings. The first-order valence-corrected chi connectivity index (χ1v) is 6.59. The van der Waals surface area contributed by atoms with Gasteiger partial charge in [-0.3, -0.25) is 4.79 Å². The van der Waals surface area contributed by atoms with Crippen molar-refractivity contribution in [3.8, 4) is 0 Å². The molecule has 0 saturated heterocycles. The molecule has 0 aromatic carbocycles. The SMILES string of the molecule is CCN(CC(C)(C)CN)C(=O)c1cccn1CC. The molecule has 2 N–H and O–H groups in total.